The lowest BCUT2D eigenvalue weighted by Crippen LogP contribution is -2.17. The number of carbonyl (C=O) groups excluding carboxylic acids is 1. The monoisotopic (exact) mass is 433 g/mol. The van der Waals surface area contributed by atoms with Crippen LogP contribution in [0.5, 0.6) is 0 Å². The largest absolute Gasteiger partial charge is 0.290 e. The summed E-state index contributed by atoms with van der Waals surface area (Å²) in [7, 11) is -4.22. The minimum absolute atomic E-state index is 0.0345. The van der Waals surface area contributed by atoms with Crippen molar-refractivity contribution in [2.24, 2.45) is 0 Å². The predicted octanol–water partition coefficient (Wildman–Crippen LogP) is 3.09. The highest BCUT2D eigenvalue weighted by atomic mass is 35.5. The first-order valence-corrected chi connectivity index (χ1v) is 9.77. The van der Waals surface area contributed by atoms with Crippen LogP contribution in [0.4, 0.5) is 17.3 Å². The van der Waals surface area contributed by atoms with Crippen molar-refractivity contribution in [2.45, 2.75) is 4.90 Å². The van der Waals surface area contributed by atoms with Gasteiger partial charge < -0.3 is 0 Å². The summed E-state index contributed by atoms with van der Waals surface area (Å²) in [6.07, 6.45) is 2.78. The molecule has 0 saturated carbocycles. The molecule has 0 spiro atoms. The third kappa shape index (κ3) is 5.03. The van der Waals surface area contributed by atoms with Crippen molar-refractivity contribution in [1.29, 1.82) is 0 Å². The Morgan fingerprint density at radius 3 is 2.34 bits per heavy atom. The summed E-state index contributed by atoms with van der Waals surface area (Å²) in [6.45, 7) is 0. The van der Waals surface area contributed by atoms with Gasteiger partial charge in [-0.05, 0) is 36.4 Å². The molecular weight excluding hydrogens is 422 g/mol. The van der Waals surface area contributed by atoms with Gasteiger partial charge in [0.15, 0.2) is 0 Å². The van der Waals surface area contributed by atoms with E-state index in [9.17, 15) is 23.3 Å². The third-order valence-electron chi connectivity index (χ3n) is 3.56. The van der Waals surface area contributed by atoms with E-state index in [-0.39, 0.29) is 17.2 Å². The standard InChI is InChI=1S/C17H12ClN5O5S/c18-12-2-4-13(5-3-12)22-29(27,28)15-9-11(8-14(10-15)23(25)26)16(24)21-17-19-6-1-7-20-17/h1-10,22H,(H,19,20,21,24). The third-order valence-corrected chi connectivity index (χ3v) is 5.17. The molecule has 10 nitrogen and oxygen atoms in total. The maximum Gasteiger partial charge on any atom is 0.271 e. The molecule has 148 valence electrons. The highest BCUT2D eigenvalue weighted by Gasteiger charge is 2.22. The smallest absolute Gasteiger partial charge is 0.271 e. The van der Waals surface area contributed by atoms with Crippen LogP contribution in [0.25, 0.3) is 0 Å². The topological polar surface area (TPSA) is 144 Å². The molecule has 1 aromatic heterocycles. The van der Waals surface area contributed by atoms with E-state index < -0.39 is 31.4 Å². The number of non-ortho nitro benzene ring substituents is 1. The van der Waals surface area contributed by atoms with Crippen LogP contribution in [-0.4, -0.2) is 29.2 Å². The van der Waals surface area contributed by atoms with Crippen molar-refractivity contribution in [3.63, 3.8) is 0 Å². The number of nitrogens with zero attached hydrogens (tertiary/aromatic N) is 3. The van der Waals surface area contributed by atoms with Crippen molar-refractivity contribution in [3.8, 4) is 0 Å². The molecule has 0 fully saturated rings. The van der Waals surface area contributed by atoms with Crippen LogP contribution in [0, 0.1) is 10.1 Å². The molecule has 0 atom stereocenters. The fourth-order valence-corrected chi connectivity index (χ4v) is 3.49. The number of amides is 1. The van der Waals surface area contributed by atoms with Gasteiger partial charge in [-0.3, -0.25) is 24.9 Å². The van der Waals surface area contributed by atoms with Gasteiger partial charge in [0.2, 0.25) is 5.95 Å². The van der Waals surface area contributed by atoms with Gasteiger partial charge in [-0.2, -0.15) is 0 Å². The van der Waals surface area contributed by atoms with Gasteiger partial charge in [0, 0.05) is 40.8 Å². The van der Waals surface area contributed by atoms with Crippen LogP contribution in [-0.2, 0) is 10.0 Å². The first kappa shape index (κ1) is 20.2. The molecule has 0 radical (unpaired) electrons. The van der Waals surface area contributed by atoms with Gasteiger partial charge in [-0.1, -0.05) is 11.6 Å². The molecule has 0 aliphatic carbocycles. The van der Waals surface area contributed by atoms with Crippen molar-refractivity contribution < 1.29 is 18.1 Å². The maximum atomic E-state index is 12.7. The van der Waals surface area contributed by atoms with Crippen LogP contribution in [0.2, 0.25) is 5.02 Å². The molecule has 0 bridgehead atoms. The van der Waals surface area contributed by atoms with Crippen molar-refractivity contribution in [3.05, 3.63) is 81.6 Å². The zero-order valence-corrected chi connectivity index (χ0v) is 16.0. The molecule has 29 heavy (non-hydrogen) atoms. The Morgan fingerprint density at radius 2 is 1.72 bits per heavy atom. The predicted molar refractivity (Wildman–Crippen MR) is 105 cm³/mol. The van der Waals surface area contributed by atoms with Crippen molar-refractivity contribution in [2.75, 3.05) is 10.0 Å². The average Bonchev–Trinajstić information content (AvgIpc) is 2.70. The molecule has 12 heteroatoms. The lowest BCUT2D eigenvalue weighted by molar-refractivity contribution is -0.385. The highest BCUT2D eigenvalue weighted by molar-refractivity contribution is 7.92. The number of anilines is 2. The molecule has 0 aliphatic heterocycles. The zero-order valence-electron chi connectivity index (χ0n) is 14.4. The Balaban J connectivity index is 1.96. The molecule has 0 aliphatic rings. The van der Waals surface area contributed by atoms with E-state index in [0.717, 1.165) is 18.2 Å². The molecule has 3 aromatic rings. The van der Waals surface area contributed by atoms with Gasteiger partial charge >= 0.3 is 0 Å². The number of rotatable bonds is 6. The number of nitrogens with one attached hydrogen (secondary N) is 2. The van der Waals surface area contributed by atoms with Crippen molar-refractivity contribution in [1.82, 2.24) is 9.97 Å². The number of hydrogen-bond donors (Lipinski definition) is 2. The number of carbonyl (C=O) groups is 1. The molecule has 1 amide bonds. The quantitative estimate of drug-likeness (QED) is 0.448. The second-order valence-corrected chi connectivity index (χ2v) is 7.73. The van der Waals surface area contributed by atoms with Gasteiger partial charge in [0.05, 0.1) is 9.82 Å². The first-order valence-electron chi connectivity index (χ1n) is 7.91. The Bertz CT molecular complexity index is 1170. The number of hydrogen-bond acceptors (Lipinski definition) is 7. The summed E-state index contributed by atoms with van der Waals surface area (Å²) in [6, 6.07) is 10.2. The zero-order chi connectivity index (χ0) is 21.0. The number of benzene rings is 2. The number of nitro benzene ring substituents is 1. The van der Waals surface area contributed by atoms with Crippen LogP contribution < -0.4 is 10.0 Å². The molecule has 0 unspecified atom stereocenters. The Hall–Kier alpha value is -3.57. The minimum Gasteiger partial charge on any atom is -0.290 e. The van der Waals surface area contributed by atoms with Crippen LogP contribution in [0.1, 0.15) is 10.4 Å². The summed E-state index contributed by atoms with van der Waals surface area (Å²) < 4.78 is 27.6. The van der Waals surface area contributed by atoms with E-state index in [1.165, 1.54) is 42.7 Å². The van der Waals surface area contributed by atoms with E-state index in [1.54, 1.807) is 0 Å². The molecule has 3 rings (SSSR count). The summed E-state index contributed by atoms with van der Waals surface area (Å²) >= 11 is 5.77. The SMILES string of the molecule is O=C(Nc1ncccn1)c1cc([N+](=O)[O-])cc(S(=O)(=O)Nc2ccc(Cl)cc2)c1. The Morgan fingerprint density at radius 1 is 1.07 bits per heavy atom. The van der Waals surface area contributed by atoms with E-state index in [1.807, 2.05) is 0 Å². The Labute approximate surface area is 169 Å². The molecule has 0 saturated heterocycles. The van der Waals surface area contributed by atoms with Crippen molar-refractivity contribution >= 4 is 44.9 Å². The molecule has 2 aromatic carbocycles. The van der Waals surface area contributed by atoms with Crippen LogP contribution >= 0.6 is 11.6 Å². The number of nitro groups is 1. The van der Waals surface area contributed by atoms with Gasteiger partial charge in [-0.25, -0.2) is 18.4 Å². The minimum atomic E-state index is -4.22. The van der Waals surface area contributed by atoms with E-state index >= 15 is 0 Å². The molecule has 1 heterocycles. The van der Waals surface area contributed by atoms with Gasteiger partial charge in [-0.15, -0.1) is 0 Å². The molecular formula is C17H12ClN5O5S. The van der Waals surface area contributed by atoms with E-state index in [4.69, 9.17) is 11.6 Å². The lowest BCUT2D eigenvalue weighted by atomic mass is 10.2. The summed E-state index contributed by atoms with van der Waals surface area (Å²) in [5.74, 6) is -0.837. The fraction of sp³-hybridized carbons (Fsp3) is 0. The summed E-state index contributed by atoms with van der Waals surface area (Å²) in [5, 5.41) is 14.0. The average molecular weight is 434 g/mol. The summed E-state index contributed by atoms with van der Waals surface area (Å²) in [4.78, 5) is 30.0. The first-order chi connectivity index (χ1) is 13.7. The van der Waals surface area contributed by atoms with Crippen LogP contribution in [0.3, 0.4) is 0 Å². The normalized spacial score (nSPS) is 10.9. The Kier molecular flexibility index (Phi) is 5.71. The van der Waals surface area contributed by atoms with Gasteiger partial charge in [0.25, 0.3) is 21.6 Å². The number of halogens is 1. The lowest BCUT2D eigenvalue weighted by Gasteiger charge is -2.10. The van der Waals surface area contributed by atoms with Gasteiger partial charge in [0.1, 0.15) is 0 Å². The van der Waals surface area contributed by atoms with E-state index in [0.29, 0.717) is 5.02 Å². The second-order valence-electron chi connectivity index (χ2n) is 5.61. The number of sulfonamides is 1. The highest BCUT2D eigenvalue weighted by Crippen LogP contribution is 2.24. The molecule has 2 N–H and O–H groups in total. The maximum absolute atomic E-state index is 12.7. The number of aromatic nitrogens is 2. The van der Waals surface area contributed by atoms with E-state index in [2.05, 4.69) is 20.0 Å². The van der Waals surface area contributed by atoms with Crippen LogP contribution in [0.15, 0.2) is 65.8 Å². The fourth-order valence-electron chi connectivity index (χ4n) is 2.24. The second kappa shape index (κ2) is 8.20. The summed E-state index contributed by atoms with van der Waals surface area (Å²) in [5.41, 5.74) is -0.615.